The number of hydrogen-bond acceptors (Lipinski definition) is 9. The summed E-state index contributed by atoms with van der Waals surface area (Å²) in [5.74, 6) is 0.231. The minimum atomic E-state index is -3.92. The van der Waals surface area contributed by atoms with Gasteiger partial charge in [-0.2, -0.15) is 5.10 Å². The topological polar surface area (TPSA) is 131 Å². The van der Waals surface area contributed by atoms with Gasteiger partial charge in [0.25, 0.3) is 5.16 Å². The highest BCUT2D eigenvalue weighted by atomic mass is 32.2. The van der Waals surface area contributed by atoms with E-state index in [0.29, 0.717) is 43.2 Å². The van der Waals surface area contributed by atoms with Crippen LogP contribution in [-0.2, 0) is 23.3 Å². The number of ether oxygens (including phenoxy) is 2. The Morgan fingerprint density at radius 2 is 1.88 bits per heavy atom. The maximum absolute atomic E-state index is 14.5. The predicted octanol–water partition coefficient (Wildman–Crippen LogP) is 3.14. The van der Waals surface area contributed by atoms with Gasteiger partial charge in [0.1, 0.15) is 31.1 Å². The highest BCUT2D eigenvalue weighted by Crippen LogP contribution is 2.52. The molecule has 13 heteroatoms. The van der Waals surface area contributed by atoms with Crippen molar-refractivity contribution in [1.29, 1.82) is 0 Å². The highest BCUT2D eigenvalue weighted by molar-refractivity contribution is 7.91. The second-order valence-electron chi connectivity index (χ2n) is 10.5. The normalized spacial score (nSPS) is 21.5. The zero-order chi connectivity index (χ0) is 28.4. The van der Waals surface area contributed by atoms with E-state index in [-0.39, 0.29) is 35.3 Å². The largest absolute Gasteiger partial charge is 0.486 e. The Morgan fingerprint density at radius 1 is 1.10 bits per heavy atom. The zero-order valence-electron chi connectivity index (χ0n) is 22.0. The van der Waals surface area contributed by atoms with Gasteiger partial charge in [0, 0.05) is 13.1 Å². The summed E-state index contributed by atoms with van der Waals surface area (Å²) in [6.07, 6.45) is 7.34. The third-order valence-electron chi connectivity index (χ3n) is 8.06. The number of fused-ring (bicyclic) bond motifs is 3. The van der Waals surface area contributed by atoms with E-state index >= 15 is 0 Å². The zero-order valence-corrected chi connectivity index (χ0v) is 22.8. The molecule has 4 aromatic rings. The number of aryl methyl sites for hydroxylation is 1. The van der Waals surface area contributed by atoms with Crippen LogP contribution in [0, 0.1) is 11.2 Å². The minimum absolute atomic E-state index is 0.0372. The maximum atomic E-state index is 14.5. The Balaban J connectivity index is 1.33. The summed E-state index contributed by atoms with van der Waals surface area (Å²) in [7, 11) is -2.32. The molecule has 0 bridgehead atoms. The van der Waals surface area contributed by atoms with Crippen molar-refractivity contribution in [1.82, 2.24) is 29.5 Å². The number of halogens is 1. The van der Waals surface area contributed by atoms with Crippen LogP contribution in [-0.4, -0.2) is 62.2 Å². The van der Waals surface area contributed by atoms with Crippen molar-refractivity contribution >= 4 is 21.7 Å². The Kier molecular flexibility index (Phi) is 5.82. The second kappa shape index (κ2) is 9.33. The van der Waals surface area contributed by atoms with E-state index in [1.54, 1.807) is 36.1 Å². The summed E-state index contributed by atoms with van der Waals surface area (Å²) in [5.41, 5.74) is 2.01. The molecule has 1 aliphatic heterocycles. The van der Waals surface area contributed by atoms with Gasteiger partial charge in [0.15, 0.2) is 17.3 Å². The van der Waals surface area contributed by atoms with Crippen LogP contribution in [0.25, 0.3) is 11.8 Å². The smallest absolute Gasteiger partial charge is 0.267 e. The summed E-state index contributed by atoms with van der Waals surface area (Å²) in [5, 5.41) is 7.46. The summed E-state index contributed by atoms with van der Waals surface area (Å²) in [6, 6.07) is 7.57. The number of carbonyl (C=O) groups is 1. The lowest BCUT2D eigenvalue weighted by Crippen LogP contribution is -2.46. The van der Waals surface area contributed by atoms with Crippen LogP contribution >= 0.6 is 0 Å². The van der Waals surface area contributed by atoms with Crippen molar-refractivity contribution in [3.8, 4) is 17.2 Å². The van der Waals surface area contributed by atoms with Crippen LogP contribution in [0.15, 0.2) is 59.8 Å². The Morgan fingerprint density at radius 3 is 2.63 bits per heavy atom. The number of pyridine rings is 1. The van der Waals surface area contributed by atoms with Gasteiger partial charge in [0.05, 0.1) is 34.4 Å². The summed E-state index contributed by atoms with van der Waals surface area (Å²) in [6.45, 7) is 0.741. The fourth-order valence-electron chi connectivity index (χ4n) is 6.03. The van der Waals surface area contributed by atoms with Crippen molar-refractivity contribution in [2.75, 3.05) is 13.2 Å². The number of allylic oxidation sites excluding steroid dienone is 1. The van der Waals surface area contributed by atoms with Gasteiger partial charge in [-0.3, -0.25) is 9.48 Å². The van der Waals surface area contributed by atoms with Crippen molar-refractivity contribution in [3.05, 3.63) is 77.4 Å². The van der Waals surface area contributed by atoms with E-state index in [2.05, 4.69) is 20.2 Å². The second-order valence-corrected chi connectivity index (χ2v) is 12.6. The molecule has 41 heavy (non-hydrogen) atoms. The fourth-order valence-corrected chi connectivity index (χ4v) is 7.70. The van der Waals surface area contributed by atoms with Crippen molar-refractivity contribution in [2.24, 2.45) is 12.5 Å². The number of sulfone groups is 1. The van der Waals surface area contributed by atoms with Crippen molar-refractivity contribution in [3.63, 3.8) is 0 Å². The third kappa shape index (κ3) is 4.14. The molecule has 2 atom stereocenters. The predicted molar refractivity (Wildman–Crippen MR) is 143 cm³/mol. The lowest BCUT2D eigenvalue weighted by atomic mass is 9.61. The number of aromatic nitrogens is 6. The monoisotopic (exact) mass is 576 g/mol. The molecular formula is C28H25FN6O5S. The van der Waals surface area contributed by atoms with Crippen LogP contribution in [0.5, 0.6) is 11.5 Å². The van der Waals surface area contributed by atoms with Gasteiger partial charge >= 0.3 is 0 Å². The molecule has 0 unspecified atom stereocenters. The van der Waals surface area contributed by atoms with Crippen LogP contribution in [0.4, 0.5) is 4.39 Å². The first-order chi connectivity index (χ1) is 19.7. The van der Waals surface area contributed by atoms with Crippen LogP contribution in [0.3, 0.4) is 0 Å². The molecule has 0 spiro atoms. The molecule has 7 rings (SSSR count). The van der Waals surface area contributed by atoms with Gasteiger partial charge in [-0.05, 0) is 61.6 Å². The number of ketones is 1. The average molecular weight is 577 g/mol. The van der Waals surface area contributed by atoms with Crippen molar-refractivity contribution in [2.45, 2.75) is 36.1 Å². The van der Waals surface area contributed by atoms with E-state index in [1.165, 1.54) is 29.3 Å². The number of benzene rings is 1. The van der Waals surface area contributed by atoms with Gasteiger partial charge in [-0.25, -0.2) is 27.5 Å². The number of Topliss-reactive ketones (excluding diaryl/α,β-unsaturated/α-hetero) is 1. The molecule has 11 nitrogen and oxygen atoms in total. The molecule has 1 aromatic carbocycles. The summed E-state index contributed by atoms with van der Waals surface area (Å²) < 4.78 is 55.2. The van der Waals surface area contributed by atoms with Gasteiger partial charge in [-0.15, -0.1) is 5.10 Å². The molecule has 0 N–H and O–H groups in total. The van der Waals surface area contributed by atoms with Gasteiger partial charge in [0.2, 0.25) is 9.84 Å². The number of rotatable bonds is 5. The lowest BCUT2D eigenvalue weighted by Gasteiger charge is -2.43. The van der Waals surface area contributed by atoms with Crippen LogP contribution in [0.2, 0.25) is 0 Å². The summed E-state index contributed by atoms with van der Waals surface area (Å²) in [4.78, 5) is 22.9. The molecule has 0 saturated heterocycles. The molecule has 1 saturated carbocycles. The van der Waals surface area contributed by atoms with E-state index in [1.807, 2.05) is 6.08 Å². The fraction of sp³-hybridized carbons (Fsp3) is 0.321. The quantitative estimate of drug-likeness (QED) is 0.329. The lowest BCUT2D eigenvalue weighted by molar-refractivity contribution is 0.0795. The van der Waals surface area contributed by atoms with Gasteiger partial charge < -0.3 is 9.47 Å². The van der Waals surface area contributed by atoms with Crippen LogP contribution < -0.4 is 9.47 Å². The summed E-state index contributed by atoms with van der Waals surface area (Å²) >= 11 is 0. The molecule has 3 aliphatic rings. The Labute approximate surface area is 234 Å². The highest BCUT2D eigenvalue weighted by Gasteiger charge is 2.52. The maximum Gasteiger partial charge on any atom is 0.267 e. The average Bonchev–Trinajstić information content (AvgIpc) is 3.61. The van der Waals surface area contributed by atoms with E-state index in [4.69, 9.17) is 9.47 Å². The first-order valence-electron chi connectivity index (χ1n) is 13.2. The molecule has 2 aliphatic carbocycles. The molecule has 0 amide bonds. The minimum Gasteiger partial charge on any atom is -0.486 e. The molecule has 0 radical (unpaired) electrons. The van der Waals surface area contributed by atoms with Crippen molar-refractivity contribution < 1.29 is 27.1 Å². The molecule has 210 valence electrons. The first-order valence-corrected chi connectivity index (χ1v) is 14.7. The van der Waals surface area contributed by atoms with Gasteiger partial charge in [-0.1, -0.05) is 5.57 Å². The number of carbonyl (C=O) groups excluding carboxylic acids is 1. The van der Waals surface area contributed by atoms with Crippen LogP contribution in [0.1, 0.15) is 41.0 Å². The van der Waals surface area contributed by atoms with E-state index in [9.17, 15) is 17.6 Å². The van der Waals surface area contributed by atoms with E-state index in [0.717, 1.165) is 16.8 Å². The van der Waals surface area contributed by atoms with E-state index < -0.39 is 20.5 Å². The molecule has 1 fully saturated rings. The Hall–Kier alpha value is -4.39. The Bertz CT molecular complexity index is 1830. The number of nitrogens with zero attached hydrogens (tertiary/aromatic N) is 6. The third-order valence-corrected chi connectivity index (χ3v) is 10.0. The first kappa shape index (κ1) is 25.6. The molecular weight excluding hydrogens is 551 g/mol. The molecule has 3 aromatic heterocycles. The molecule has 4 heterocycles. The SMILES string of the molecule is Cn1cnc(S(=O)(=O)[C@H]2CCC3=Cc4c(cnn4-c4ccc(F)cc4)C[C@]3(C(=O)c3cc4c(cn3)OCCO4)C2)n1. The number of hydrogen-bond donors (Lipinski definition) is 0. The standard InChI is InChI=1S/C28H25FN6O5S/c1-34-16-31-27(33-34)41(37,38)21-7-2-18-10-23-17(14-32-35(23)20-5-3-19(29)4-6-20)12-28(18,13-21)26(36)22-11-24-25(15-30-22)40-9-8-39-24/h3-6,10-11,14-16,21H,2,7-9,12-13H2,1H3/t21-,28-/m0/s1.